The Hall–Kier alpha value is -1.23. The number of benzene rings is 1. The van der Waals surface area contributed by atoms with Crippen LogP contribution in [0.2, 0.25) is 0 Å². The average molecular weight is 334 g/mol. The number of nitrogens with zero attached hydrogens (tertiary/aromatic N) is 2. The van der Waals surface area contributed by atoms with Gasteiger partial charge in [-0.1, -0.05) is 34.1 Å². The summed E-state index contributed by atoms with van der Waals surface area (Å²) in [6.45, 7) is 1.88. The molecule has 0 aliphatic heterocycles. The smallest absolute Gasteiger partial charge is 0.0318 e. The highest BCUT2D eigenvalue weighted by atomic mass is 79.9. The van der Waals surface area contributed by atoms with Crippen molar-refractivity contribution < 1.29 is 0 Å². The van der Waals surface area contributed by atoms with Gasteiger partial charge in [-0.05, 0) is 49.3 Å². The molecule has 0 aliphatic rings. The minimum absolute atomic E-state index is 0.0606. The van der Waals surface area contributed by atoms with Crippen molar-refractivity contribution in [3.05, 3.63) is 64.4 Å². The van der Waals surface area contributed by atoms with Crippen molar-refractivity contribution in [1.29, 1.82) is 0 Å². The average Bonchev–Trinajstić information content (AvgIpc) is 2.46. The van der Waals surface area contributed by atoms with Crippen LogP contribution in [0.1, 0.15) is 23.6 Å². The molecule has 0 radical (unpaired) electrons. The Morgan fingerprint density at radius 1 is 1.20 bits per heavy atom. The first-order valence-corrected chi connectivity index (χ1v) is 7.53. The van der Waals surface area contributed by atoms with Crippen molar-refractivity contribution in [3.8, 4) is 0 Å². The van der Waals surface area contributed by atoms with E-state index in [0.717, 1.165) is 24.0 Å². The molecule has 3 nitrogen and oxygen atoms in total. The molecule has 20 heavy (non-hydrogen) atoms. The molecular formula is C16H20BrN3. The molecule has 0 bridgehead atoms. The SMILES string of the molecule is CN(CCC(N)c1ccccc1Br)Cc1ccncc1. The molecule has 106 valence electrons. The lowest BCUT2D eigenvalue weighted by atomic mass is 10.0. The zero-order chi connectivity index (χ0) is 14.4. The van der Waals surface area contributed by atoms with Gasteiger partial charge in [-0.25, -0.2) is 0 Å². The third-order valence-electron chi connectivity index (χ3n) is 3.33. The van der Waals surface area contributed by atoms with Gasteiger partial charge >= 0.3 is 0 Å². The molecule has 1 unspecified atom stereocenters. The molecule has 2 aromatic rings. The van der Waals surface area contributed by atoms with E-state index in [-0.39, 0.29) is 6.04 Å². The number of hydrogen-bond donors (Lipinski definition) is 1. The summed E-state index contributed by atoms with van der Waals surface area (Å²) in [5.41, 5.74) is 8.72. The van der Waals surface area contributed by atoms with Crippen LogP contribution in [0.15, 0.2) is 53.3 Å². The highest BCUT2D eigenvalue weighted by molar-refractivity contribution is 9.10. The van der Waals surface area contributed by atoms with Crippen molar-refractivity contribution in [1.82, 2.24) is 9.88 Å². The fraction of sp³-hybridized carbons (Fsp3) is 0.312. The van der Waals surface area contributed by atoms with E-state index in [2.05, 4.69) is 38.9 Å². The highest BCUT2D eigenvalue weighted by Crippen LogP contribution is 2.23. The van der Waals surface area contributed by atoms with Gasteiger partial charge in [-0.15, -0.1) is 0 Å². The Labute approximate surface area is 129 Å². The van der Waals surface area contributed by atoms with E-state index in [1.807, 2.05) is 42.7 Å². The largest absolute Gasteiger partial charge is 0.324 e. The van der Waals surface area contributed by atoms with Crippen LogP contribution in [0, 0.1) is 0 Å². The first-order valence-electron chi connectivity index (χ1n) is 6.74. The van der Waals surface area contributed by atoms with E-state index >= 15 is 0 Å². The van der Waals surface area contributed by atoms with Crippen LogP contribution in [0.3, 0.4) is 0 Å². The maximum absolute atomic E-state index is 6.27. The summed E-state index contributed by atoms with van der Waals surface area (Å²) in [4.78, 5) is 6.32. The molecule has 1 aromatic carbocycles. The molecule has 1 aromatic heterocycles. The molecule has 1 atom stereocenters. The normalized spacial score (nSPS) is 12.6. The lowest BCUT2D eigenvalue weighted by molar-refractivity contribution is 0.311. The monoisotopic (exact) mass is 333 g/mol. The van der Waals surface area contributed by atoms with Crippen LogP contribution in [0.5, 0.6) is 0 Å². The summed E-state index contributed by atoms with van der Waals surface area (Å²) in [6.07, 6.45) is 4.59. The van der Waals surface area contributed by atoms with Crippen molar-refractivity contribution in [2.45, 2.75) is 19.0 Å². The number of pyridine rings is 1. The van der Waals surface area contributed by atoms with Crippen molar-refractivity contribution in [3.63, 3.8) is 0 Å². The Kier molecular flexibility index (Phi) is 5.71. The lowest BCUT2D eigenvalue weighted by Crippen LogP contribution is -2.23. The van der Waals surface area contributed by atoms with E-state index in [4.69, 9.17) is 5.73 Å². The number of aromatic nitrogens is 1. The number of nitrogens with two attached hydrogens (primary N) is 1. The quantitative estimate of drug-likeness (QED) is 0.881. The van der Waals surface area contributed by atoms with Crippen LogP contribution in [0.25, 0.3) is 0 Å². The lowest BCUT2D eigenvalue weighted by Gasteiger charge is -2.20. The maximum Gasteiger partial charge on any atom is 0.0318 e. The summed E-state index contributed by atoms with van der Waals surface area (Å²) in [7, 11) is 2.12. The van der Waals surface area contributed by atoms with Crippen LogP contribution in [-0.2, 0) is 6.54 Å². The van der Waals surface area contributed by atoms with Gasteiger partial charge in [-0.3, -0.25) is 4.98 Å². The van der Waals surface area contributed by atoms with Gasteiger partial charge in [-0.2, -0.15) is 0 Å². The molecular weight excluding hydrogens is 314 g/mol. The molecule has 0 amide bonds. The first-order chi connectivity index (χ1) is 9.66. The van der Waals surface area contributed by atoms with Crippen molar-refractivity contribution in [2.75, 3.05) is 13.6 Å². The van der Waals surface area contributed by atoms with Crippen LogP contribution >= 0.6 is 15.9 Å². The number of hydrogen-bond acceptors (Lipinski definition) is 3. The summed E-state index contributed by atoms with van der Waals surface area (Å²) < 4.78 is 1.09. The van der Waals surface area contributed by atoms with Gasteiger partial charge in [0.25, 0.3) is 0 Å². The minimum atomic E-state index is 0.0606. The second-order valence-electron chi connectivity index (χ2n) is 5.01. The van der Waals surface area contributed by atoms with E-state index < -0.39 is 0 Å². The molecule has 0 fully saturated rings. The van der Waals surface area contributed by atoms with Crippen molar-refractivity contribution in [2.24, 2.45) is 5.73 Å². The minimum Gasteiger partial charge on any atom is -0.324 e. The number of rotatable bonds is 6. The van der Waals surface area contributed by atoms with Gasteiger partial charge in [0.2, 0.25) is 0 Å². The predicted octanol–water partition coefficient (Wildman–Crippen LogP) is 3.37. The zero-order valence-corrected chi connectivity index (χ0v) is 13.3. The third kappa shape index (κ3) is 4.40. The molecule has 0 saturated carbocycles. The molecule has 2 rings (SSSR count). The molecule has 0 spiro atoms. The van der Waals surface area contributed by atoms with Crippen LogP contribution in [-0.4, -0.2) is 23.5 Å². The Bertz CT molecular complexity index is 530. The Balaban J connectivity index is 1.84. The molecule has 0 saturated heterocycles. The second-order valence-corrected chi connectivity index (χ2v) is 5.86. The number of halogens is 1. The van der Waals surface area contributed by atoms with Gasteiger partial charge in [0, 0.05) is 29.5 Å². The topological polar surface area (TPSA) is 42.1 Å². The van der Waals surface area contributed by atoms with E-state index in [0.29, 0.717) is 0 Å². The fourth-order valence-corrected chi connectivity index (χ4v) is 2.75. The second kappa shape index (κ2) is 7.53. The molecule has 2 N–H and O–H groups in total. The van der Waals surface area contributed by atoms with Gasteiger partial charge in [0.1, 0.15) is 0 Å². The van der Waals surface area contributed by atoms with E-state index in [1.165, 1.54) is 11.1 Å². The molecule has 1 heterocycles. The standard InChI is InChI=1S/C16H20BrN3/c1-20(12-13-6-9-19-10-7-13)11-8-16(18)14-4-2-3-5-15(14)17/h2-7,9-10,16H,8,11-12,18H2,1H3. The Morgan fingerprint density at radius 3 is 2.60 bits per heavy atom. The zero-order valence-electron chi connectivity index (χ0n) is 11.7. The fourth-order valence-electron chi connectivity index (χ4n) is 2.17. The molecule has 4 heteroatoms. The van der Waals surface area contributed by atoms with Gasteiger partial charge in [0.05, 0.1) is 0 Å². The van der Waals surface area contributed by atoms with Crippen molar-refractivity contribution >= 4 is 15.9 Å². The summed E-state index contributed by atoms with van der Waals surface area (Å²) in [5.74, 6) is 0. The predicted molar refractivity (Wildman–Crippen MR) is 86.3 cm³/mol. The van der Waals surface area contributed by atoms with E-state index in [9.17, 15) is 0 Å². The first kappa shape index (κ1) is 15.2. The van der Waals surface area contributed by atoms with E-state index in [1.54, 1.807) is 0 Å². The van der Waals surface area contributed by atoms with Crippen LogP contribution in [0.4, 0.5) is 0 Å². The van der Waals surface area contributed by atoms with Crippen LogP contribution < -0.4 is 5.73 Å². The highest BCUT2D eigenvalue weighted by Gasteiger charge is 2.10. The summed E-state index contributed by atoms with van der Waals surface area (Å²) in [5, 5.41) is 0. The van der Waals surface area contributed by atoms with Gasteiger partial charge < -0.3 is 10.6 Å². The maximum atomic E-state index is 6.27. The van der Waals surface area contributed by atoms with Gasteiger partial charge in [0.15, 0.2) is 0 Å². The summed E-state index contributed by atoms with van der Waals surface area (Å²) >= 11 is 3.56. The summed E-state index contributed by atoms with van der Waals surface area (Å²) in [6, 6.07) is 12.3. The third-order valence-corrected chi connectivity index (χ3v) is 4.05. The molecule has 0 aliphatic carbocycles. The Morgan fingerprint density at radius 2 is 1.90 bits per heavy atom.